The second-order valence-electron chi connectivity index (χ2n) is 5.65. The molecule has 2 heterocycles. The van der Waals surface area contributed by atoms with Crippen molar-refractivity contribution in [2.75, 3.05) is 20.8 Å². The second-order valence-corrected chi connectivity index (χ2v) is 6.01. The van der Waals surface area contributed by atoms with Crippen molar-refractivity contribution >= 4 is 35.1 Å². The molecule has 144 valence electrons. The zero-order chi connectivity index (χ0) is 20.1. The maximum Gasteiger partial charge on any atom is 0.331 e. The van der Waals surface area contributed by atoms with Crippen molar-refractivity contribution in [2.45, 2.75) is 0 Å². The van der Waals surface area contributed by atoms with E-state index >= 15 is 0 Å². The maximum atomic E-state index is 12.2. The number of methoxy groups -OCH3 is 2. The molecular formula is C20H17ClN2O5. The average molecular weight is 401 g/mol. The first-order chi connectivity index (χ1) is 13.5. The van der Waals surface area contributed by atoms with Gasteiger partial charge in [0, 0.05) is 17.8 Å². The first-order valence-corrected chi connectivity index (χ1v) is 8.64. The summed E-state index contributed by atoms with van der Waals surface area (Å²) in [5.74, 6) is -0.114. The molecule has 0 aliphatic rings. The maximum absolute atomic E-state index is 12.2. The van der Waals surface area contributed by atoms with Gasteiger partial charge in [-0.25, -0.2) is 9.78 Å². The standard InChI is InChI=1S/C20H17ClN2O5/c1-26-16-8-6-13(11-17(16)27-2)15(24)12-28-19(25)9-7-14-20(21)22-18-5-3-4-10-23(14)18/h3-11H,12H2,1-2H3/b9-7+. The van der Waals surface area contributed by atoms with Crippen LogP contribution in [0.15, 0.2) is 48.7 Å². The van der Waals surface area contributed by atoms with Crippen LogP contribution in [0, 0.1) is 0 Å². The average Bonchev–Trinajstić information content (AvgIpc) is 3.04. The lowest BCUT2D eigenvalue weighted by Gasteiger charge is -2.09. The van der Waals surface area contributed by atoms with Crippen LogP contribution in [-0.4, -0.2) is 42.0 Å². The zero-order valence-electron chi connectivity index (χ0n) is 15.2. The highest BCUT2D eigenvalue weighted by atomic mass is 35.5. The van der Waals surface area contributed by atoms with Crippen LogP contribution in [-0.2, 0) is 9.53 Å². The Hall–Kier alpha value is -3.32. The van der Waals surface area contributed by atoms with E-state index in [0.717, 1.165) is 0 Å². The molecule has 0 amide bonds. The van der Waals surface area contributed by atoms with Gasteiger partial charge in [0.15, 0.2) is 29.0 Å². The number of pyridine rings is 1. The summed E-state index contributed by atoms with van der Waals surface area (Å²) in [6.07, 6.45) is 4.47. The molecule has 0 fully saturated rings. The van der Waals surface area contributed by atoms with Gasteiger partial charge in [-0.3, -0.25) is 9.20 Å². The topological polar surface area (TPSA) is 79.1 Å². The number of ether oxygens (including phenoxy) is 3. The van der Waals surface area contributed by atoms with Crippen LogP contribution in [0.2, 0.25) is 5.15 Å². The summed E-state index contributed by atoms with van der Waals surface area (Å²) < 4.78 is 17.0. The SMILES string of the molecule is COc1ccc(C(=O)COC(=O)/C=C/c2c(Cl)nc3ccccn23)cc1OC. The van der Waals surface area contributed by atoms with Crippen molar-refractivity contribution in [2.24, 2.45) is 0 Å². The number of hydrogen-bond acceptors (Lipinski definition) is 6. The molecule has 0 saturated carbocycles. The Morgan fingerprint density at radius 1 is 1.14 bits per heavy atom. The molecule has 0 spiro atoms. The van der Waals surface area contributed by atoms with E-state index in [2.05, 4.69) is 4.98 Å². The second kappa shape index (κ2) is 8.58. The first-order valence-electron chi connectivity index (χ1n) is 8.26. The minimum absolute atomic E-state index is 0.261. The molecule has 28 heavy (non-hydrogen) atoms. The fraction of sp³-hybridized carbons (Fsp3) is 0.150. The number of aromatic nitrogens is 2. The summed E-state index contributed by atoms with van der Waals surface area (Å²) in [6, 6.07) is 10.2. The smallest absolute Gasteiger partial charge is 0.331 e. The number of nitrogens with zero attached hydrogens (tertiary/aromatic N) is 2. The summed E-state index contributed by atoms with van der Waals surface area (Å²) in [7, 11) is 2.98. The highest BCUT2D eigenvalue weighted by Crippen LogP contribution is 2.27. The van der Waals surface area contributed by atoms with E-state index in [9.17, 15) is 9.59 Å². The number of ketones is 1. The molecule has 7 nitrogen and oxygen atoms in total. The number of halogens is 1. The largest absolute Gasteiger partial charge is 0.493 e. The molecule has 2 aromatic heterocycles. The molecule has 0 unspecified atom stereocenters. The summed E-state index contributed by atoms with van der Waals surface area (Å²) in [5.41, 5.74) is 1.55. The van der Waals surface area contributed by atoms with Crippen molar-refractivity contribution in [1.29, 1.82) is 0 Å². The fourth-order valence-corrected chi connectivity index (χ4v) is 2.80. The first kappa shape index (κ1) is 19.4. The molecule has 0 saturated heterocycles. The molecule has 0 atom stereocenters. The Bertz CT molecular complexity index is 1060. The van der Waals surface area contributed by atoms with Crippen LogP contribution in [0.5, 0.6) is 11.5 Å². The van der Waals surface area contributed by atoms with Crippen LogP contribution in [0.1, 0.15) is 16.1 Å². The van der Waals surface area contributed by atoms with E-state index < -0.39 is 12.6 Å². The van der Waals surface area contributed by atoms with Gasteiger partial charge < -0.3 is 14.2 Å². The van der Waals surface area contributed by atoms with Crippen LogP contribution >= 0.6 is 11.6 Å². The Morgan fingerprint density at radius 2 is 1.93 bits per heavy atom. The number of rotatable bonds is 7. The third-order valence-electron chi connectivity index (χ3n) is 3.95. The minimum Gasteiger partial charge on any atom is -0.493 e. The lowest BCUT2D eigenvalue weighted by Crippen LogP contribution is -2.12. The fourth-order valence-electron chi connectivity index (χ4n) is 2.56. The lowest BCUT2D eigenvalue weighted by molar-refractivity contribution is -0.136. The van der Waals surface area contributed by atoms with Gasteiger partial charge in [0.25, 0.3) is 0 Å². The van der Waals surface area contributed by atoms with E-state index in [1.165, 1.54) is 32.4 Å². The number of hydrogen-bond donors (Lipinski definition) is 0. The predicted octanol–water partition coefficient (Wildman–Crippen LogP) is 3.44. The number of benzene rings is 1. The van der Waals surface area contributed by atoms with Gasteiger partial charge in [0.1, 0.15) is 5.65 Å². The van der Waals surface area contributed by atoms with Gasteiger partial charge in [-0.05, 0) is 36.4 Å². The quantitative estimate of drug-likeness (QED) is 0.343. The van der Waals surface area contributed by atoms with Crippen molar-refractivity contribution in [3.05, 3.63) is 65.1 Å². The Labute approximate surface area is 166 Å². The molecule has 1 aromatic carbocycles. The minimum atomic E-state index is -0.671. The van der Waals surface area contributed by atoms with Gasteiger partial charge in [-0.2, -0.15) is 0 Å². The Balaban J connectivity index is 1.64. The van der Waals surface area contributed by atoms with Crippen molar-refractivity contribution in [3.63, 3.8) is 0 Å². The van der Waals surface area contributed by atoms with Gasteiger partial charge >= 0.3 is 5.97 Å². The number of esters is 1. The van der Waals surface area contributed by atoms with Crippen molar-refractivity contribution < 1.29 is 23.8 Å². The van der Waals surface area contributed by atoms with E-state index in [0.29, 0.717) is 28.4 Å². The molecule has 3 aromatic rings. The number of fused-ring (bicyclic) bond motifs is 1. The predicted molar refractivity (Wildman–Crippen MR) is 104 cm³/mol. The summed E-state index contributed by atoms with van der Waals surface area (Å²) >= 11 is 6.10. The van der Waals surface area contributed by atoms with E-state index in [-0.39, 0.29) is 10.9 Å². The number of Topliss-reactive ketones (excluding diaryl/α,β-unsaturated/α-hetero) is 1. The van der Waals surface area contributed by atoms with Crippen LogP contribution in [0.3, 0.4) is 0 Å². The highest BCUT2D eigenvalue weighted by molar-refractivity contribution is 6.31. The lowest BCUT2D eigenvalue weighted by atomic mass is 10.1. The Morgan fingerprint density at radius 3 is 2.68 bits per heavy atom. The zero-order valence-corrected chi connectivity index (χ0v) is 16.0. The van der Waals surface area contributed by atoms with Gasteiger partial charge in [-0.15, -0.1) is 0 Å². The third-order valence-corrected chi connectivity index (χ3v) is 4.23. The van der Waals surface area contributed by atoms with Gasteiger partial charge in [0.2, 0.25) is 0 Å². The molecule has 0 radical (unpaired) electrons. The molecule has 0 aliphatic carbocycles. The van der Waals surface area contributed by atoms with Gasteiger partial charge in [-0.1, -0.05) is 17.7 Å². The van der Waals surface area contributed by atoms with Gasteiger partial charge in [0.05, 0.1) is 19.9 Å². The van der Waals surface area contributed by atoms with E-state index in [1.54, 1.807) is 28.8 Å². The van der Waals surface area contributed by atoms with Crippen LogP contribution < -0.4 is 9.47 Å². The van der Waals surface area contributed by atoms with E-state index in [4.69, 9.17) is 25.8 Å². The monoisotopic (exact) mass is 400 g/mol. The molecule has 0 bridgehead atoms. The molecule has 8 heteroatoms. The van der Waals surface area contributed by atoms with Crippen LogP contribution in [0.25, 0.3) is 11.7 Å². The molecule has 3 rings (SSSR count). The van der Waals surface area contributed by atoms with Crippen LogP contribution in [0.4, 0.5) is 0 Å². The van der Waals surface area contributed by atoms with Crippen molar-refractivity contribution in [3.8, 4) is 11.5 Å². The summed E-state index contributed by atoms with van der Waals surface area (Å²) in [5, 5.41) is 0.261. The Kier molecular flexibility index (Phi) is 5.96. The molecular weight excluding hydrogens is 384 g/mol. The van der Waals surface area contributed by atoms with E-state index in [1.807, 2.05) is 12.1 Å². The van der Waals surface area contributed by atoms with Crippen molar-refractivity contribution in [1.82, 2.24) is 9.38 Å². The number of imidazole rings is 1. The normalized spacial score (nSPS) is 11.0. The molecule has 0 N–H and O–H groups in total. The number of carbonyl (C=O) groups excluding carboxylic acids is 2. The summed E-state index contributed by atoms with van der Waals surface area (Å²) in [4.78, 5) is 28.4. The third kappa shape index (κ3) is 4.15. The highest BCUT2D eigenvalue weighted by Gasteiger charge is 2.13. The molecule has 0 aliphatic heterocycles. The number of carbonyl (C=O) groups is 2. The summed E-state index contributed by atoms with van der Waals surface area (Å²) in [6.45, 7) is -0.403.